The minimum absolute atomic E-state index is 0.505. The van der Waals surface area contributed by atoms with E-state index in [-0.39, 0.29) is 0 Å². The molecule has 1 heteroatoms. The Morgan fingerprint density at radius 1 is 2.00 bits per heavy atom. The van der Waals surface area contributed by atoms with E-state index in [9.17, 15) is 0 Å². The third-order valence-electron chi connectivity index (χ3n) is 0.286. The highest BCUT2D eigenvalue weighted by atomic mass is 31.1. The van der Waals surface area contributed by atoms with E-state index in [1.54, 1.807) is 0 Å². The van der Waals surface area contributed by atoms with E-state index < -0.39 is 0 Å². The quantitative estimate of drug-likeness (QED) is 0.346. The maximum absolute atomic E-state index is 4.93. The predicted molar refractivity (Wildman–Crippen MR) is 32.0 cm³/mol. The summed E-state index contributed by atoms with van der Waals surface area (Å²) in [5.74, 6) is 0. The lowest BCUT2D eigenvalue weighted by Gasteiger charge is -1.80. The van der Waals surface area contributed by atoms with Crippen LogP contribution in [0.3, 0.4) is 0 Å². The maximum Gasteiger partial charge on any atom is -0.0167 e. The topological polar surface area (TPSA) is 0 Å². The zero-order valence-corrected chi connectivity index (χ0v) is 4.78. The fourth-order valence-corrected chi connectivity index (χ4v) is 0.370. The smallest absolute Gasteiger partial charge is 0.0167 e. The molecule has 0 aliphatic heterocycles. The molecule has 0 aromatic heterocycles. The van der Waals surface area contributed by atoms with E-state index in [4.69, 9.17) is 6.42 Å². The zero-order chi connectivity index (χ0) is 4.99. The summed E-state index contributed by atoms with van der Waals surface area (Å²) in [5, 5.41) is 1.08. The molecular formula is C5H7P. The van der Waals surface area contributed by atoms with Crippen LogP contribution in [0.5, 0.6) is 0 Å². The van der Waals surface area contributed by atoms with Gasteiger partial charge >= 0.3 is 0 Å². The summed E-state index contributed by atoms with van der Waals surface area (Å²) in [6, 6.07) is 0. The van der Waals surface area contributed by atoms with Gasteiger partial charge in [-0.25, -0.2) is 0 Å². The van der Waals surface area contributed by atoms with Crippen molar-refractivity contribution in [3.63, 3.8) is 0 Å². The van der Waals surface area contributed by atoms with Crippen LogP contribution in [-0.4, -0.2) is 0 Å². The third-order valence-corrected chi connectivity index (χ3v) is 0.857. The Balaban J connectivity index is 3.13. The first-order valence-electron chi connectivity index (χ1n) is 1.64. The maximum atomic E-state index is 4.93. The molecule has 0 aromatic carbocycles. The minimum atomic E-state index is 0.505. The van der Waals surface area contributed by atoms with Crippen molar-refractivity contribution in [3.8, 4) is 12.1 Å². The van der Waals surface area contributed by atoms with Crippen molar-refractivity contribution in [2.24, 2.45) is 0 Å². The van der Waals surface area contributed by atoms with Crippen LogP contribution in [0, 0.1) is 12.1 Å². The van der Waals surface area contributed by atoms with Crippen molar-refractivity contribution in [1.29, 1.82) is 0 Å². The van der Waals surface area contributed by atoms with Crippen LogP contribution in [-0.2, 0) is 0 Å². The van der Waals surface area contributed by atoms with Gasteiger partial charge in [0.05, 0.1) is 0 Å². The average molecular weight is 98.1 g/mol. The second-order valence-corrected chi connectivity index (χ2v) is 2.44. The Kier molecular flexibility index (Phi) is 2.81. The Hall–Kier alpha value is -0.270. The molecule has 0 aromatic rings. The summed E-state index contributed by atoms with van der Waals surface area (Å²) >= 11 is 0. The van der Waals surface area contributed by atoms with Gasteiger partial charge in [-0.05, 0) is 20.8 Å². The van der Waals surface area contributed by atoms with Gasteiger partial charge in [0.2, 0.25) is 0 Å². The lowest BCUT2D eigenvalue weighted by Crippen LogP contribution is -1.45. The largest absolute Gasteiger partial charge is 0.115 e. The minimum Gasteiger partial charge on any atom is -0.115 e. The molecule has 1 atom stereocenters. The molecule has 0 spiro atoms. The van der Waals surface area contributed by atoms with Gasteiger partial charge in [0.25, 0.3) is 0 Å². The SMILES string of the molecule is C#CPC(=C)C. The van der Waals surface area contributed by atoms with Gasteiger partial charge in [0, 0.05) is 0 Å². The Morgan fingerprint density at radius 2 is 2.50 bits per heavy atom. The van der Waals surface area contributed by atoms with E-state index in [2.05, 4.69) is 12.2 Å². The summed E-state index contributed by atoms with van der Waals surface area (Å²) in [5.41, 5.74) is 2.50. The van der Waals surface area contributed by atoms with E-state index in [0.717, 1.165) is 5.31 Å². The first kappa shape index (κ1) is 5.73. The molecule has 0 nitrogen and oxygen atoms in total. The Morgan fingerprint density at radius 3 is 2.50 bits per heavy atom. The Bertz CT molecular complexity index is 86.6. The number of hydrogen-bond donors (Lipinski definition) is 0. The van der Waals surface area contributed by atoms with Crippen LogP contribution < -0.4 is 0 Å². The van der Waals surface area contributed by atoms with Crippen LogP contribution in [0.15, 0.2) is 11.9 Å². The highest BCUT2D eigenvalue weighted by Crippen LogP contribution is 2.16. The van der Waals surface area contributed by atoms with Gasteiger partial charge in [-0.3, -0.25) is 0 Å². The normalized spacial score (nSPS) is 8.67. The lowest BCUT2D eigenvalue weighted by molar-refractivity contribution is 1.73. The van der Waals surface area contributed by atoms with Crippen LogP contribution in [0.2, 0.25) is 0 Å². The predicted octanol–water partition coefficient (Wildman–Crippen LogP) is 1.79. The molecule has 1 unspecified atom stereocenters. The number of allylic oxidation sites excluding steroid dienone is 1. The van der Waals surface area contributed by atoms with Crippen LogP contribution in [0.25, 0.3) is 0 Å². The summed E-state index contributed by atoms with van der Waals surface area (Å²) in [6.07, 6.45) is 4.93. The first-order valence-corrected chi connectivity index (χ1v) is 2.64. The van der Waals surface area contributed by atoms with Gasteiger partial charge in [-0.2, -0.15) is 0 Å². The van der Waals surface area contributed by atoms with Crippen molar-refractivity contribution >= 4 is 8.58 Å². The molecule has 0 amide bonds. The number of terminal acetylenes is 1. The molecule has 0 aliphatic rings. The van der Waals surface area contributed by atoms with Crippen LogP contribution in [0.1, 0.15) is 6.92 Å². The lowest BCUT2D eigenvalue weighted by atomic mass is 10.8. The molecule has 32 valence electrons. The van der Waals surface area contributed by atoms with Crippen LogP contribution in [0.4, 0.5) is 0 Å². The molecule has 0 rings (SSSR count). The number of rotatable bonds is 1. The molecule has 0 radical (unpaired) electrons. The van der Waals surface area contributed by atoms with E-state index in [1.807, 2.05) is 6.92 Å². The molecule has 0 fully saturated rings. The molecule has 0 saturated heterocycles. The van der Waals surface area contributed by atoms with E-state index >= 15 is 0 Å². The van der Waals surface area contributed by atoms with Gasteiger partial charge < -0.3 is 0 Å². The van der Waals surface area contributed by atoms with Crippen molar-refractivity contribution in [1.82, 2.24) is 0 Å². The van der Waals surface area contributed by atoms with Gasteiger partial charge in [-0.15, -0.1) is 6.42 Å². The monoisotopic (exact) mass is 98.0 g/mol. The summed E-state index contributed by atoms with van der Waals surface area (Å²) in [6.45, 7) is 5.54. The molecule has 0 saturated carbocycles. The van der Waals surface area contributed by atoms with Crippen LogP contribution >= 0.6 is 8.58 Å². The second kappa shape index (κ2) is 2.94. The average Bonchev–Trinajstić information content (AvgIpc) is 1.35. The fourth-order valence-electron chi connectivity index (χ4n) is 0.123. The molecular weight excluding hydrogens is 91.0 g/mol. The van der Waals surface area contributed by atoms with E-state index in [1.165, 1.54) is 0 Å². The second-order valence-electron chi connectivity index (χ2n) is 1.05. The molecule has 0 bridgehead atoms. The molecule has 6 heavy (non-hydrogen) atoms. The van der Waals surface area contributed by atoms with Crippen molar-refractivity contribution in [2.75, 3.05) is 0 Å². The third kappa shape index (κ3) is 3.73. The summed E-state index contributed by atoms with van der Waals surface area (Å²) in [4.78, 5) is 0. The molecule has 0 aliphatic carbocycles. The molecule has 0 heterocycles. The van der Waals surface area contributed by atoms with Gasteiger partial charge in [0.15, 0.2) is 0 Å². The van der Waals surface area contributed by atoms with Gasteiger partial charge in [-0.1, -0.05) is 12.2 Å². The van der Waals surface area contributed by atoms with Crippen molar-refractivity contribution in [2.45, 2.75) is 6.92 Å². The first-order chi connectivity index (χ1) is 2.77. The standard InChI is InChI=1S/C5H7P/c1-4-6-5(2)3/h1,6H,2H2,3H3. The summed E-state index contributed by atoms with van der Waals surface area (Å²) in [7, 11) is 0.505. The number of hydrogen-bond acceptors (Lipinski definition) is 0. The fraction of sp³-hybridized carbons (Fsp3) is 0.200. The van der Waals surface area contributed by atoms with Crippen molar-refractivity contribution in [3.05, 3.63) is 11.9 Å². The molecule has 0 N–H and O–H groups in total. The Labute approximate surface area is 40.4 Å². The van der Waals surface area contributed by atoms with Crippen molar-refractivity contribution < 1.29 is 0 Å². The highest BCUT2D eigenvalue weighted by molar-refractivity contribution is 7.48. The highest BCUT2D eigenvalue weighted by Gasteiger charge is 1.71. The van der Waals surface area contributed by atoms with Gasteiger partial charge in [0.1, 0.15) is 0 Å². The van der Waals surface area contributed by atoms with E-state index in [0.29, 0.717) is 8.58 Å². The summed E-state index contributed by atoms with van der Waals surface area (Å²) < 4.78 is 0. The zero-order valence-electron chi connectivity index (χ0n) is 3.78.